The maximum atomic E-state index is 13.2. The van der Waals surface area contributed by atoms with Crippen LogP contribution in [-0.4, -0.2) is 0 Å². The predicted molar refractivity (Wildman–Crippen MR) is 77.7 cm³/mol. The molecule has 0 saturated heterocycles. The molecule has 0 fully saturated rings. The second-order valence-electron chi connectivity index (χ2n) is 4.52. The number of halogens is 2. The van der Waals surface area contributed by atoms with Crippen molar-refractivity contribution in [2.75, 3.05) is 0 Å². The minimum absolute atomic E-state index is 0.159. The van der Waals surface area contributed by atoms with Crippen LogP contribution in [0.1, 0.15) is 30.5 Å². The normalized spacial score (nSPS) is 12.4. The van der Waals surface area contributed by atoms with Crippen LogP contribution in [0.4, 0.5) is 4.39 Å². The molecule has 0 aliphatic heterocycles. The Balaban J connectivity index is 2.01. The van der Waals surface area contributed by atoms with Crippen molar-refractivity contribution < 1.29 is 4.39 Å². The minimum atomic E-state index is -0.191. The molecule has 1 nitrogen and oxygen atoms in total. The van der Waals surface area contributed by atoms with Crippen molar-refractivity contribution in [1.82, 2.24) is 5.32 Å². The van der Waals surface area contributed by atoms with Gasteiger partial charge < -0.3 is 5.32 Å². The lowest BCUT2D eigenvalue weighted by Gasteiger charge is -2.17. The van der Waals surface area contributed by atoms with Crippen molar-refractivity contribution in [3.63, 3.8) is 0 Å². The smallest absolute Gasteiger partial charge is 0.123 e. The van der Waals surface area contributed by atoms with E-state index < -0.39 is 0 Å². The van der Waals surface area contributed by atoms with Gasteiger partial charge in [0.15, 0.2) is 0 Å². The average Bonchev–Trinajstić information content (AvgIpc) is 2.42. The van der Waals surface area contributed by atoms with Crippen molar-refractivity contribution in [1.29, 1.82) is 0 Å². The summed E-state index contributed by atoms with van der Waals surface area (Å²) in [6.07, 6.45) is 0.914. The monoisotopic (exact) mass is 277 g/mol. The van der Waals surface area contributed by atoms with Crippen LogP contribution in [0.5, 0.6) is 0 Å². The third kappa shape index (κ3) is 4.05. The van der Waals surface area contributed by atoms with E-state index >= 15 is 0 Å². The Morgan fingerprint density at radius 1 is 1.16 bits per heavy atom. The lowest BCUT2D eigenvalue weighted by molar-refractivity contribution is 0.514. The standard InChI is InChI=1S/C16H17ClFN/c1-2-16(13-4-3-5-15(18)10-13)19-11-12-6-8-14(17)9-7-12/h3-10,16,19H,2,11H2,1H3. The topological polar surface area (TPSA) is 12.0 Å². The van der Waals surface area contributed by atoms with Crippen LogP contribution >= 0.6 is 11.6 Å². The molecule has 0 bridgehead atoms. The third-order valence-corrected chi connectivity index (χ3v) is 3.38. The maximum Gasteiger partial charge on any atom is 0.123 e. The highest BCUT2D eigenvalue weighted by Crippen LogP contribution is 2.18. The quantitative estimate of drug-likeness (QED) is 0.834. The number of hydrogen-bond acceptors (Lipinski definition) is 1. The molecule has 2 aromatic carbocycles. The lowest BCUT2D eigenvalue weighted by Crippen LogP contribution is -2.20. The molecular formula is C16H17ClFN. The first kappa shape index (κ1) is 14.0. The van der Waals surface area contributed by atoms with Gasteiger partial charge in [-0.05, 0) is 41.8 Å². The molecule has 0 saturated carbocycles. The van der Waals surface area contributed by atoms with Gasteiger partial charge in [-0.25, -0.2) is 4.39 Å². The van der Waals surface area contributed by atoms with Crippen LogP contribution in [-0.2, 0) is 6.54 Å². The first-order valence-electron chi connectivity index (χ1n) is 6.42. The Labute approximate surface area is 118 Å². The Kier molecular flexibility index (Phi) is 4.94. The summed E-state index contributed by atoms with van der Waals surface area (Å²) in [5.74, 6) is -0.191. The summed E-state index contributed by atoms with van der Waals surface area (Å²) in [7, 11) is 0. The summed E-state index contributed by atoms with van der Waals surface area (Å²) >= 11 is 5.85. The number of nitrogens with one attached hydrogen (secondary N) is 1. The Bertz CT molecular complexity index is 525. The molecule has 1 N–H and O–H groups in total. The maximum absolute atomic E-state index is 13.2. The molecule has 1 atom stereocenters. The van der Waals surface area contributed by atoms with Gasteiger partial charge in [0.05, 0.1) is 0 Å². The van der Waals surface area contributed by atoms with E-state index in [1.807, 2.05) is 30.3 Å². The van der Waals surface area contributed by atoms with E-state index in [1.54, 1.807) is 12.1 Å². The fourth-order valence-corrected chi connectivity index (χ4v) is 2.19. The SMILES string of the molecule is CCC(NCc1ccc(Cl)cc1)c1cccc(F)c1. The van der Waals surface area contributed by atoms with Gasteiger partial charge in [-0.1, -0.05) is 42.8 Å². The Morgan fingerprint density at radius 3 is 2.53 bits per heavy atom. The first-order chi connectivity index (χ1) is 9.19. The van der Waals surface area contributed by atoms with Crippen LogP contribution in [0.25, 0.3) is 0 Å². The zero-order valence-corrected chi connectivity index (χ0v) is 11.6. The predicted octanol–water partition coefficient (Wildman–Crippen LogP) is 4.72. The highest BCUT2D eigenvalue weighted by atomic mass is 35.5. The zero-order valence-electron chi connectivity index (χ0n) is 10.9. The van der Waals surface area contributed by atoms with Crippen molar-refractivity contribution in [3.05, 3.63) is 70.5 Å². The third-order valence-electron chi connectivity index (χ3n) is 3.13. The molecule has 0 aliphatic rings. The van der Waals surface area contributed by atoms with E-state index in [-0.39, 0.29) is 11.9 Å². The molecule has 0 spiro atoms. The number of rotatable bonds is 5. The van der Waals surface area contributed by atoms with Gasteiger partial charge in [0.2, 0.25) is 0 Å². The van der Waals surface area contributed by atoms with Gasteiger partial charge in [-0.15, -0.1) is 0 Å². The van der Waals surface area contributed by atoms with E-state index in [2.05, 4.69) is 12.2 Å². The molecular weight excluding hydrogens is 261 g/mol. The summed E-state index contributed by atoms with van der Waals surface area (Å²) in [5.41, 5.74) is 2.15. The zero-order chi connectivity index (χ0) is 13.7. The summed E-state index contributed by atoms with van der Waals surface area (Å²) in [6, 6.07) is 14.7. The summed E-state index contributed by atoms with van der Waals surface area (Å²) in [5, 5.41) is 4.18. The van der Waals surface area contributed by atoms with Crippen molar-refractivity contribution >= 4 is 11.6 Å². The lowest BCUT2D eigenvalue weighted by atomic mass is 10.0. The largest absolute Gasteiger partial charge is 0.306 e. The molecule has 2 aromatic rings. The molecule has 0 aliphatic carbocycles. The summed E-state index contributed by atoms with van der Waals surface area (Å²) in [4.78, 5) is 0. The number of hydrogen-bond donors (Lipinski definition) is 1. The first-order valence-corrected chi connectivity index (χ1v) is 6.80. The fourth-order valence-electron chi connectivity index (χ4n) is 2.06. The van der Waals surface area contributed by atoms with Crippen LogP contribution in [0.3, 0.4) is 0 Å². The molecule has 2 rings (SSSR count). The van der Waals surface area contributed by atoms with E-state index in [0.717, 1.165) is 23.6 Å². The second-order valence-corrected chi connectivity index (χ2v) is 4.96. The van der Waals surface area contributed by atoms with Crippen LogP contribution < -0.4 is 5.32 Å². The van der Waals surface area contributed by atoms with Gasteiger partial charge in [-0.3, -0.25) is 0 Å². The van der Waals surface area contributed by atoms with Crippen LogP contribution in [0.15, 0.2) is 48.5 Å². The van der Waals surface area contributed by atoms with Crippen molar-refractivity contribution in [2.24, 2.45) is 0 Å². The molecule has 0 radical (unpaired) electrons. The number of benzene rings is 2. The van der Waals surface area contributed by atoms with Gasteiger partial charge in [0.25, 0.3) is 0 Å². The van der Waals surface area contributed by atoms with Gasteiger partial charge in [0.1, 0.15) is 5.82 Å². The van der Waals surface area contributed by atoms with Gasteiger partial charge >= 0.3 is 0 Å². The van der Waals surface area contributed by atoms with Crippen LogP contribution in [0, 0.1) is 5.82 Å². The van der Waals surface area contributed by atoms with E-state index in [4.69, 9.17) is 11.6 Å². The molecule has 0 aromatic heterocycles. The van der Waals surface area contributed by atoms with E-state index in [0.29, 0.717) is 0 Å². The van der Waals surface area contributed by atoms with Crippen LogP contribution in [0.2, 0.25) is 5.02 Å². The highest BCUT2D eigenvalue weighted by molar-refractivity contribution is 6.30. The fraction of sp³-hybridized carbons (Fsp3) is 0.250. The molecule has 19 heavy (non-hydrogen) atoms. The van der Waals surface area contributed by atoms with Crippen molar-refractivity contribution in [2.45, 2.75) is 25.9 Å². The second kappa shape index (κ2) is 6.69. The highest BCUT2D eigenvalue weighted by Gasteiger charge is 2.09. The molecule has 0 heterocycles. The van der Waals surface area contributed by atoms with Crippen molar-refractivity contribution in [3.8, 4) is 0 Å². The molecule has 100 valence electrons. The minimum Gasteiger partial charge on any atom is -0.306 e. The Morgan fingerprint density at radius 2 is 1.89 bits per heavy atom. The molecule has 3 heteroatoms. The molecule has 0 amide bonds. The summed E-state index contributed by atoms with van der Waals surface area (Å²) < 4.78 is 13.2. The Hall–Kier alpha value is -1.38. The van der Waals surface area contributed by atoms with Gasteiger partial charge in [0, 0.05) is 17.6 Å². The van der Waals surface area contributed by atoms with Gasteiger partial charge in [-0.2, -0.15) is 0 Å². The summed E-state index contributed by atoms with van der Waals surface area (Å²) in [6.45, 7) is 2.83. The molecule has 1 unspecified atom stereocenters. The average molecular weight is 278 g/mol. The van der Waals surface area contributed by atoms with E-state index in [1.165, 1.54) is 11.6 Å². The van der Waals surface area contributed by atoms with E-state index in [9.17, 15) is 4.39 Å².